The monoisotopic (exact) mass is 319 g/mol. The molecule has 1 aliphatic heterocycles. The number of carbonyl (C=O) groups excluding carboxylic acids is 2. The van der Waals surface area contributed by atoms with E-state index in [0.717, 1.165) is 27.7 Å². The van der Waals surface area contributed by atoms with E-state index in [1.807, 2.05) is 18.2 Å². The molecule has 120 valence electrons. The van der Waals surface area contributed by atoms with Gasteiger partial charge in [0, 0.05) is 17.4 Å². The van der Waals surface area contributed by atoms with E-state index in [4.69, 9.17) is 4.42 Å². The Hall–Kier alpha value is -2.88. The molecule has 2 aromatic carbocycles. The number of hydrogen-bond donors (Lipinski definition) is 1. The molecule has 4 heteroatoms. The van der Waals surface area contributed by atoms with Crippen LogP contribution in [0.25, 0.3) is 22.1 Å². The lowest BCUT2D eigenvalue weighted by molar-refractivity contribution is -0.134. The summed E-state index contributed by atoms with van der Waals surface area (Å²) in [5.74, 6) is -0.781. The fourth-order valence-electron chi connectivity index (χ4n) is 3.31. The minimum absolute atomic E-state index is 0.204. The molecule has 0 saturated carbocycles. The Morgan fingerprint density at radius 2 is 1.92 bits per heavy atom. The van der Waals surface area contributed by atoms with Gasteiger partial charge in [-0.1, -0.05) is 35.9 Å². The van der Waals surface area contributed by atoms with Gasteiger partial charge in [-0.15, -0.1) is 0 Å². The molecule has 0 aliphatic carbocycles. The Morgan fingerprint density at radius 1 is 1.08 bits per heavy atom. The number of carbonyl (C=O) groups is 2. The molecule has 0 radical (unpaired) electrons. The average molecular weight is 319 g/mol. The molecule has 0 spiro atoms. The van der Waals surface area contributed by atoms with Gasteiger partial charge in [0.25, 0.3) is 0 Å². The highest BCUT2D eigenvalue weighted by atomic mass is 16.3. The van der Waals surface area contributed by atoms with Crippen molar-refractivity contribution in [3.05, 3.63) is 59.9 Å². The molecule has 1 fully saturated rings. The highest BCUT2D eigenvalue weighted by Crippen LogP contribution is 2.35. The summed E-state index contributed by atoms with van der Waals surface area (Å²) in [6.07, 6.45) is 2.53. The number of piperidine rings is 1. The van der Waals surface area contributed by atoms with Gasteiger partial charge in [-0.3, -0.25) is 14.9 Å². The number of aryl methyl sites for hydroxylation is 1. The molecule has 4 nitrogen and oxygen atoms in total. The van der Waals surface area contributed by atoms with Gasteiger partial charge in [0.05, 0.1) is 12.2 Å². The lowest BCUT2D eigenvalue weighted by atomic mass is 9.89. The summed E-state index contributed by atoms with van der Waals surface area (Å²) < 4.78 is 5.63. The van der Waals surface area contributed by atoms with Crippen LogP contribution < -0.4 is 5.32 Å². The van der Waals surface area contributed by atoms with Gasteiger partial charge >= 0.3 is 0 Å². The first kappa shape index (κ1) is 14.7. The minimum Gasteiger partial charge on any atom is -0.464 e. The van der Waals surface area contributed by atoms with Crippen molar-refractivity contribution in [2.45, 2.75) is 25.7 Å². The largest absolute Gasteiger partial charge is 0.464 e. The van der Waals surface area contributed by atoms with Gasteiger partial charge in [-0.25, -0.2) is 0 Å². The number of nitrogens with one attached hydrogen (secondary N) is 1. The van der Waals surface area contributed by atoms with E-state index in [2.05, 4.69) is 36.5 Å². The van der Waals surface area contributed by atoms with Gasteiger partial charge < -0.3 is 4.42 Å². The highest BCUT2D eigenvalue weighted by molar-refractivity contribution is 6.03. The Bertz CT molecular complexity index is 954. The second kappa shape index (κ2) is 5.64. The van der Waals surface area contributed by atoms with Crippen LogP contribution in [-0.2, 0) is 9.59 Å². The second-order valence-corrected chi connectivity index (χ2v) is 6.28. The van der Waals surface area contributed by atoms with E-state index < -0.39 is 0 Å². The van der Waals surface area contributed by atoms with Crippen molar-refractivity contribution >= 4 is 22.8 Å². The van der Waals surface area contributed by atoms with E-state index >= 15 is 0 Å². The number of benzene rings is 2. The summed E-state index contributed by atoms with van der Waals surface area (Å²) in [7, 11) is 0. The van der Waals surface area contributed by atoms with Crippen LogP contribution in [0.2, 0.25) is 0 Å². The third-order valence-electron chi connectivity index (χ3n) is 4.57. The SMILES string of the molecule is Cc1cccc(-c2ccc3occ(C4CCC(=O)NC4=O)c3c2)c1. The molecule has 1 atom stereocenters. The van der Waals surface area contributed by atoms with Crippen LogP contribution in [0.1, 0.15) is 29.9 Å². The first-order valence-electron chi connectivity index (χ1n) is 8.04. The van der Waals surface area contributed by atoms with Crippen LogP contribution in [0.15, 0.2) is 53.1 Å². The Morgan fingerprint density at radius 3 is 2.71 bits per heavy atom. The lowest BCUT2D eigenvalue weighted by Crippen LogP contribution is -2.39. The van der Waals surface area contributed by atoms with Crippen LogP contribution in [0.4, 0.5) is 0 Å². The Kier molecular flexibility index (Phi) is 3.45. The summed E-state index contributed by atoms with van der Waals surface area (Å²) in [5.41, 5.74) is 5.02. The minimum atomic E-state index is -0.336. The van der Waals surface area contributed by atoms with E-state index in [1.165, 1.54) is 5.56 Å². The fraction of sp³-hybridized carbons (Fsp3) is 0.200. The van der Waals surface area contributed by atoms with Crippen LogP contribution in [-0.4, -0.2) is 11.8 Å². The smallest absolute Gasteiger partial charge is 0.234 e. The zero-order valence-corrected chi connectivity index (χ0v) is 13.3. The maximum Gasteiger partial charge on any atom is 0.234 e. The summed E-state index contributed by atoms with van der Waals surface area (Å²) in [4.78, 5) is 23.5. The standard InChI is InChI=1S/C20H17NO3/c1-12-3-2-4-13(9-12)14-5-7-18-16(10-14)17(11-24-18)15-6-8-19(22)21-20(15)23/h2-5,7,9-11,15H,6,8H2,1H3,(H,21,22,23). The molecule has 24 heavy (non-hydrogen) atoms. The number of fused-ring (bicyclic) bond motifs is 1. The molecule has 0 bridgehead atoms. The zero-order valence-electron chi connectivity index (χ0n) is 13.3. The average Bonchev–Trinajstić information content (AvgIpc) is 2.98. The molecule has 3 aromatic rings. The van der Waals surface area contributed by atoms with Gasteiger partial charge in [0.15, 0.2) is 0 Å². The summed E-state index contributed by atoms with van der Waals surface area (Å²) >= 11 is 0. The molecule has 2 amide bonds. The third kappa shape index (κ3) is 2.50. The van der Waals surface area contributed by atoms with Crippen LogP contribution in [0, 0.1) is 6.92 Å². The van der Waals surface area contributed by atoms with E-state index in [0.29, 0.717) is 12.8 Å². The predicted molar refractivity (Wildman–Crippen MR) is 91.5 cm³/mol. The number of amides is 2. The molecule has 4 rings (SSSR count). The first-order chi connectivity index (χ1) is 11.6. The summed E-state index contributed by atoms with van der Waals surface area (Å²) in [6, 6.07) is 14.3. The number of hydrogen-bond acceptors (Lipinski definition) is 3. The Balaban J connectivity index is 1.79. The highest BCUT2D eigenvalue weighted by Gasteiger charge is 2.30. The topological polar surface area (TPSA) is 59.3 Å². The van der Waals surface area contributed by atoms with Crippen LogP contribution >= 0.6 is 0 Å². The van der Waals surface area contributed by atoms with E-state index in [1.54, 1.807) is 6.26 Å². The summed E-state index contributed by atoms with van der Waals surface area (Å²) in [6.45, 7) is 2.06. The molecule has 2 heterocycles. The van der Waals surface area contributed by atoms with Crippen molar-refractivity contribution < 1.29 is 14.0 Å². The quantitative estimate of drug-likeness (QED) is 0.728. The molecular weight excluding hydrogens is 302 g/mol. The third-order valence-corrected chi connectivity index (χ3v) is 4.57. The van der Waals surface area contributed by atoms with E-state index in [-0.39, 0.29) is 17.7 Å². The Labute approximate surface area is 139 Å². The number of imide groups is 1. The first-order valence-corrected chi connectivity index (χ1v) is 8.04. The molecule has 1 saturated heterocycles. The molecule has 1 unspecified atom stereocenters. The van der Waals surface area contributed by atoms with Crippen molar-refractivity contribution in [2.24, 2.45) is 0 Å². The van der Waals surface area contributed by atoms with Crippen molar-refractivity contribution in [1.29, 1.82) is 0 Å². The zero-order chi connectivity index (χ0) is 16.7. The van der Waals surface area contributed by atoms with Gasteiger partial charge in [-0.05, 0) is 36.6 Å². The lowest BCUT2D eigenvalue weighted by Gasteiger charge is -2.19. The molecule has 1 aromatic heterocycles. The maximum absolute atomic E-state index is 12.2. The molecule has 1 aliphatic rings. The van der Waals surface area contributed by atoms with Crippen molar-refractivity contribution in [3.63, 3.8) is 0 Å². The van der Waals surface area contributed by atoms with Crippen LogP contribution in [0.3, 0.4) is 0 Å². The molecular formula is C20H17NO3. The second-order valence-electron chi connectivity index (χ2n) is 6.28. The van der Waals surface area contributed by atoms with Crippen molar-refractivity contribution in [1.82, 2.24) is 5.32 Å². The maximum atomic E-state index is 12.2. The van der Waals surface area contributed by atoms with Crippen molar-refractivity contribution in [2.75, 3.05) is 0 Å². The number of furan rings is 1. The fourth-order valence-corrected chi connectivity index (χ4v) is 3.31. The summed E-state index contributed by atoms with van der Waals surface area (Å²) in [5, 5.41) is 3.35. The van der Waals surface area contributed by atoms with Gasteiger partial charge in [0.2, 0.25) is 11.8 Å². The predicted octanol–water partition coefficient (Wildman–Crippen LogP) is 3.93. The number of rotatable bonds is 2. The normalized spacial score (nSPS) is 18.0. The molecule has 1 N–H and O–H groups in total. The van der Waals surface area contributed by atoms with Gasteiger partial charge in [-0.2, -0.15) is 0 Å². The van der Waals surface area contributed by atoms with Crippen LogP contribution in [0.5, 0.6) is 0 Å². The van der Waals surface area contributed by atoms with Crippen molar-refractivity contribution in [3.8, 4) is 11.1 Å². The van der Waals surface area contributed by atoms with E-state index in [9.17, 15) is 9.59 Å². The van der Waals surface area contributed by atoms with Gasteiger partial charge in [0.1, 0.15) is 5.58 Å².